The molecule has 0 saturated carbocycles. The largest absolute Gasteiger partial charge is 0.353 e. The van der Waals surface area contributed by atoms with Gasteiger partial charge >= 0.3 is 0 Å². The van der Waals surface area contributed by atoms with Crippen LogP contribution >= 0.6 is 0 Å². The Bertz CT molecular complexity index is 904. The SMILES string of the molecule is Cc1cccc(Nc2nc(C)cc(N3CCN(c4ccccn4)CC3)n2)c1. The molecule has 0 aliphatic carbocycles. The molecule has 0 amide bonds. The summed E-state index contributed by atoms with van der Waals surface area (Å²) < 4.78 is 0. The van der Waals surface area contributed by atoms with E-state index in [0.717, 1.165) is 49.2 Å². The van der Waals surface area contributed by atoms with E-state index in [1.807, 2.05) is 37.4 Å². The summed E-state index contributed by atoms with van der Waals surface area (Å²) >= 11 is 0. The topological polar surface area (TPSA) is 57.2 Å². The van der Waals surface area contributed by atoms with Gasteiger partial charge in [-0.15, -0.1) is 0 Å². The molecule has 1 N–H and O–H groups in total. The van der Waals surface area contributed by atoms with Crippen molar-refractivity contribution in [1.82, 2.24) is 15.0 Å². The second kappa shape index (κ2) is 7.61. The summed E-state index contributed by atoms with van der Waals surface area (Å²) in [6.07, 6.45) is 1.85. The van der Waals surface area contributed by atoms with Crippen molar-refractivity contribution in [3.63, 3.8) is 0 Å². The Morgan fingerprint density at radius 3 is 2.30 bits per heavy atom. The maximum absolute atomic E-state index is 4.75. The second-order valence-corrected chi connectivity index (χ2v) is 6.85. The van der Waals surface area contributed by atoms with Gasteiger partial charge in [-0.1, -0.05) is 18.2 Å². The van der Waals surface area contributed by atoms with Gasteiger partial charge in [-0.3, -0.25) is 0 Å². The van der Waals surface area contributed by atoms with E-state index in [-0.39, 0.29) is 0 Å². The van der Waals surface area contributed by atoms with Crippen molar-refractivity contribution in [2.24, 2.45) is 0 Å². The van der Waals surface area contributed by atoms with Crippen LogP contribution in [0.3, 0.4) is 0 Å². The van der Waals surface area contributed by atoms with Gasteiger partial charge in [0.25, 0.3) is 0 Å². The van der Waals surface area contributed by atoms with E-state index in [9.17, 15) is 0 Å². The van der Waals surface area contributed by atoms with Gasteiger partial charge in [-0.25, -0.2) is 9.97 Å². The third-order valence-corrected chi connectivity index (χ3v) is 4.69. The Hall–Kier alpha value is -3.15. The van der Waals surface area contributed by atoms with Crippen LogP contribution in [0.25, 0.3) is 0 Å². The number of nitrogens with zero attached hydrogens (tertiary/aromatic N) is 5. The number of hydrogen-bond acceptors (Lipinski definition) is 6. The van der Waals surface area contributed by atoms with Crippen molar-refractivity contribution in [2.75, 3.05) is 41.3 Å². The normalized spacial score (nSPS) is 14.3. The number of pyridine rings is 1. The standard InChI is InChI=1S/C21H24N6/c1-16-6-5-7-18(14-16)24-21-23-17(2)15-20(25-21)27-12-10-26(11-13-27)19-8-3-4-9-22-19/h3-9,14-15H,10-13H2,1-2H3,(H,23,24,25). The minimum absolute atomic E-state index is 0.641. The fraction of sp³-hybridized carbons (Fsp3) is 0.286. The highest BCUT2D eigenvalue weighted by Gasteiger charge is 2.19. The van der Waals surface area contributed by atoms with Crippen LogP contribution in [0, 0.1) is 13.8 Å². The first-order chi connectivity index (χ1) is 13.2. The molecule has 0 radical (unpaired) electrons. The molecule has 0 spiro atoms. The molecule has 4 rings (SSSR count). The average Bonchev–Trinajstić information content (AvgIpc) is 2.68. The van der Waals surface area contributed by atoms with Gasteiger partial charge < -0.3 is 15.1 Å². The van der Waals surface area contributed by atoms with Crippen molar-refractivity contribution in [3.05, 3.63) is 66.0 Å². The number of piperazine rings is 1. The highest BCUT2D eigenvalue weighted by Crippen LogP contribution is 2.21. The van der Waals surface area contributed by atoms with E-state index in [4.69, 9.17) is 4.98 Å². The van der Waals surface area contributed by atoms with E-state index in [0.29, 0.717) is 5.95 Å². The van der Waals surface area contributed by atoms with Crippen molar-refractivity contribution < 1.29 is 0 Å². The Morgan fingerprint density at radius 2 is 1.59 bits per heavy atom. The molecule has 3 heterocycles. The first-order valence-corrected chi connectivity index (χ1v) is 9.28. The maximum atomic E-state index is 4.75. The van der Waals surface area contributed by atoms with Gasteiger partial charge in [0.15, 0.2) is 0 Å². The number of benzene rings is 1. The van der Waals surface area contributed by atoms with E-state index >= 15 is 0 Å². The molecular formula is C21H24N6. The summed E-state index contributed by atoms with van der Waals surface area (Å²) in [4.78, 5) is 18.4. The summed E-state index contributed by atoms with van der Waals surface area (Å²) in [5.41, 5.74) is 3.17. The lowest BCUT2D eigenvalue weighted by atomic mass is 10.2. The summed E-state index contributed by atoms with van der Waals surface area (Å²) in [6, 6.07) is 16.3. The Morgan fingerprint density at radius 1 is 0.815 bits per heavy atom. The number of hydrogen-bond donors (Lipinski definition) is 1. The third kappa shape index (κ3) is 4.16. The third-order valence-electron chi connectivity index (χ3n) is 4.69. The van der Waals surface area contributed by atoms with Crippen LogP contribution in [0.1, 0.15) is 11.3 Å². The van der Waals surface area contributed by atoms with Crippen LogP contribution in [0.5, 0.6) is 0 Å². The summed E-state index contributed by atoms with van der Waals surface area (Å²) in [5, 5.41) is 3.33. The Balaban J connectivity index is 1.47. The minimum Gasteiger partial charge on any atom is -0.353 e. The molecule has 0 bridgehead atoms. The van der Waals surface area contributed by atoms with Gasteiger partial charge in [0.05, 0.1) is 0 Å². The summed E-state index contributed by atoms with van der Waals surface area (Å²) in [5.74, 6) is 2.65. The molecule has 6 nitrogen and oxygen atoms in total. The number of nitrogens with one attached hydrogen (secondary N) is 1. The number of aryl methyl sites for hydroxylation is 2. The molecule has 138 valence electrons. The summed E-state index contributed by atoms with van der Waals surface area (Å²) in [7, 11) is 0. The van der Waals surface area contributed by atoms with E-state index in [2.05, 4.69) is 56.3 Å². The van der Waals surface area contributed by atoms with Crippen LogP contribution in [0.15, 0.2) is 54.7 Å². The number of rotatable bonds is 4. The Labute approximate surface area is 159 Å². The quantitative estimate of drug-likeness (QED) is 0.768. The summed E-state index contributed by atoms with van der Waals surface area (Å²) in [6.45, 7) is 7.78. The lowest BCUT2D eigenvalue weighted by Crippen LogP contribution is -2.47. The van der Waals surface area contributed by atoms with Crippen LogP contribution in [0.4, 0.5) is 23.3 Å². The minimum atomic E-state index is 0.641. The highest BCUT2D eigenvalue weighted by molar-refractivity contribution is 5.57. The van der Waals surface area contributed by atoms with Gasteiger partial charge in [-0.05, 0) is 43.7 Å². The zero-order chi connectivity index (χ0) is 18.6. The van der Waals surface area contributed by atoms with Crippen LogP contribution < -0.4 is 15.1 Å². The molecule has 3 aromatic rings. The van der Waals surface area contributed by atoms with Gasteiger partial charge in [0.2, 0.25) is 5.95 Å². The molecule has 6 heteroatoms. The molecule has 0 atom stereocenters. The van der Waals surface area contributed by atoms with Gasteiger partial charge in [0, 0.05) is 49.8 Å². The zero-order valence-corrected chi connectivity index (χ0v) is 15.8. The van der Waals surface area contributed by atoms with E-state index in [1.165, 1.54) is 5.56 Å². The zero-order valence-electron chi connectivity index (χ0n) is 15.8. The van der Waals surface area contributed by atoms with Gasteiger partial charge in [-0.2, -0.15) is 4.98 Å². The van der Waals surface area contributed by atoms with Crippen molar-refractivity contribution in [3.8, 4) is 0 Å². The van der Waals surface area contributed by atoms with E-state index in [1.54, 1.807) is 0 Å². The van der Waals surface area contributed by atoms with Crippen molar-refractivity contribution in [2.45, 2.75) is 13.8 Å². The van der Waals surface area contributed by atoms with Crippen LogP contribution in [-0.4, -0.2) is 41.1 Å². The van der Waals surface area contributed by atoms with Crippen LogP contribution in [0.2, 0.25) is 0 Å². The maximum Gasteiger partial charge on any atom is 0.229 e. The predicted octanol–water partition coefficient (Wildman–Crippen LogP) is 3.56. The molecule has 2 aromatic heterocycles. The fourth-order valence-electron chi connectivity index (χ4n) is 3.33. The molecule has 1 saturated heterocycles. The Kier molecular flexibility index (Phi) is 4.87. The van der Waals surface area contributed by atoms with Crippen molar-refractivity contribution in [1.29, 1.82) is 0 Å². The highest BCUT2D eigenvalue weighted by atomic mass is 15.3. The number of anilines is 4. The molecule has 0 unspecified atom stereocenters. The molecule has 1 aliphatic rings. The number of aromatic nitrogens is 3. The lowest BCUT2D eigenvalue weighted by Gasteiger charge is -2.36. The molecule has 27 heavy (non-hydrogen) atoms. The molecular weight excluding hydrogens is 336 g/mol. The van der Waals surface area contributed by atoms with Crippen molar-refractivity contribution >= 4 is 23.3 Å². The first-order valence-electron chi connectivity index (χ1n) is 9.28. The monoisotopic (exact) mass is 360 g/mol. The molecule has 1 aliphatic heterocycles. The first kappa shape index (κ1) is 17.3. The lowest BCUT2D eigenvalue weighted by molar-refractivity contribution is 0.641. The smallest absolute Gasteiger partial charge is 0.229 e. The van der Waals surface area contributed by atoms with Gasteiger partial charge in [0.1, 0.15) is 11.6 Å². The molecule has 1 fully saturated rings. The average molecular weight is 360 g/mol. The molecule has 1 aromatic carbocycles. The van der Waals surface area contributed by atoms with Crippen LogP contribution in [-0.2, 0) is 0 Å². The second-order valence-electron chi connectivity index (χ2n) is 6.85. The van der Waals surface area contributed by atoms with E-state index < -0.39 is 0 Å². The predicted molar refractivity (Wildman–Crippen MR) is 110 cm³/mol. The fourth-order valence-corrected chi connectivity index (χ4v) is 3.33.